The molecule has 0 fully saturated rings. The van der Waals surface area contributed by atoms with Crippen LogP contribution in [0.25, 0.3) is 0 Å². The Balaban J connectivity index is 0. The van der Waals surface area contributed by atoms with Gasteiger partial charge in [-0.05, 0) is 0 Å². The summed E-state index contributed by atoms with van der Waals surface area (Å²) in [6.07, 6.45) is 0. The Labute approximate surface area is 51.1 Å². The molecule has 0 atom stereocenters. The molecule has 0 aromatic heterocycles. The molecule has 0 radical (unpaired) electrons. The van der Waals surface area contributed by atoms with Crippen LogP contribution in [-0.2, 0) is 21.6 Å². The Morgan fingerprint density at radius 2 is 1.29 bits per heavy atom. The van der Waals surface area contributed by atoms with E-state index in [0.29, 0.717) is 0 Å². The fraction of sp³-hybridized carbons (Fsp3) is 0. The molecule has 4 N–H and O–H groups in total. The van der Waals surface area contributed by atoms with Gasteiger partial charge in [0.2, 0.25) is 0 Å². The van der Waals surface area contributed by atoms with Crippen LogP contribution in [0, 0.1) is 0 Å². The molecule has 0 aromatic carbocycles. The van der Waals surface area contributed by atoms with Crippen molar-refractivity contribution in [3.63, 3.8) is 0 Å². The van der Waals surface area contributed by atoms with Gasteiger partial charge in [-0.3, -0.25) is 5.26 Å². The SMILES string of the molecule is OO[Si](O)(O)O.[Fe]. The smallest absolute Gasteiger partial charge is 0.366 e. The zero-order chi connectivity index (χ0) is 5.21. The second kappa shape index (κ2) is 3.53. The maximum absolute atomic E-state index is 7.60. The van der Waals surface area contributed by atoms with Crippen LogP contribution in [0.4, 0.5) is 0 Å². The van der Waals surface area contributed by atoms with Crippen LogP contribution in [-0.4, -0.2) is 28.7 Å². The molecule has 46 valence electrons. The van der Waals surface area contributed by atoms with Crippen molar-refractivity contribution in [2.45, 2.75) is 0 Å². The minimum absolute atomic E-state index is 0. The van der Waals surface area contributed by atoms with Crippen molar-refractivity contribution in [2.24, 2.45) is 0 Å². The normalized spacial score (nSPS) is 10.3. The zero-order valence-corrected chi connectivity index (χ0v) is 5.15. The van der Waals surface area contributed by atoms with E-state index in [2.05, 4.69) is 4.58 Å². The summed E-state index contributed by atoms with van der Waals surface area (Å²) in [5, 5.41) is 7.21. The van der Waals surface area contributed by atoms with E-state index in [1.54, 1.807) is 0 Å². The third kappa shape index (κ3) is 10.8. The fourth-order valence-corrected chi connectivity index (χ4v) is 0. The van der Waals surface area contributed by atoms with Gasteiger partial charge in [0.05, 0.1) is 0 Å². The monoisotopic (exact) mass is 168 g/mol. The summed E-state index contributed by atoms with van der Waals surface area (Å²) in [7, 11) is -4.58. The number of hydrogen-bond acceptors (Lipinski definition) is 5. The van der Waals surface area contributed by atoms with E-state index in [4.69, 9.17) is 19.6 Å². The van der Waals surface area contributed by atoms with Crippen molar-refractivity contribution in [3.05, 3.63) is 0 Å². The van der Waals surface area contributed by atoms with Crippen LogP contribution in [0.15, 0.2) is 0 Å². The largest absolute Gasteiger partial charge is 0.699 e. The number of hydrogen-bond donors (Lipinski definition) is 4. The van der Waals surface area contributed by atoms with Crippen LogP contribution in [0.5, 0.6) is 0 Å². The molecule has 0 aromatic rings. The predicted octanol–water partition coefficient (Wildman–Crippen LogP) is -2.11. The molecule has 0 aliphatic carbocycles. The minimum Gasteiger partial charge on any atom is -0.366 e. The van der Waals surface area contributed by atoms with E-state index in [-0.39, 0.29) is 17.1 Å². The third-order valence-electron chi connectivity index (χ3n) is 0.122. The molecule has 0 saturated heterocycles. The maximum Gasteiger partial charge on any atom is 0.699 e. The Morgan fingerprint density at radius 1 is 1.14 bits per heavy atom. The van der Waals surface area contributed by atoms with Gasteiger partial charge >= 0.3 is 9.05 Å². The topological polar surface area (TPSA) is 90.2 Å². The Bertz CT molecular complexity index is 37.8. The van der Waals surface area contributed by atoms with Gasteiger partial charge < -0.3 is 14.4 Å². The summed E-state index contributed by atoms with van der Waals surface area (Å²) in [6, 6.07) is 0. The molecule has 0 spiro atoms. The summed E-state index contributed by atoms with van der Waals surface area (Å²) in [5.74, 6) is 0. The third-order valence-corrected chi connectivity index (χ3v) is 0.367. The average Bonchev–Trinajstić information content (AvgIpc) is 1.35. The van der Waals surface area contributed by atoms with Gasteiger partial charge in [-0.1, -0.05) is 0 Å². The quantitative estimate of drug-likeness (QED) is 0.204. The van der Waals surface area contributed by atoms with Crippen LogP contribution in [0.1, 0.15) is 0 Å². The first-order valence-electron chi connectivity index (χ1n) is 1.06. The van der Waals surface area contributed by atoms with Crippen molar-refractivity contribution < 1.29 is 41.3 Å². The van der Waals surface area contributed by atoms with Gasteiger partial charge in [-0.15, -0.1) is 0 Å². The van der Waals surface area contributed by atoms with Crippen LogP contribution < -0.4 is 0 Å². The molecule has 0 unspecified atom stereocenters. The second-order valence-corrected chi connectivity index (χ2v) is 2.00. The molecule has 0 aliphatic rings. The number of rotatable bonds is 1. The van der Waals surface area contributed by atoms with E-state index < -0.39 is 9.05 Å². The summed E-state index contributed by atoms with van der Waals surface area (Å²) < 4.78 is 2.74. The minimum atomic E-state index is -4.58. The zero-order valence-electron chi connectivity index (χ0n) is 3.05. The Morgan fingerprint density at radius 3 is 1.29 bits per heavy atom. The second-order valence-electron chi connectivity index (χ2n) is 0.665. The molecule has 0 amide bonds. The molecule has 5 nitrogen and oxygen atoms in total. The first kappa shape index (κ1) is 10.5. The van der Waals surface area contributed by atoms with Gasteiger partial charge in [0.1, 0.15) is 0 Å². The van der Waals surface area contributed by atoms with Crippen LogP contribution in [0.2, 0.25) is 0 Å². The molecule has 7 heteroatoms. The van der Waals surface area contributed by atoms with Crippen molar-refractivity contribution in [2.75, 3.05) is 0 Å². The molecule has 0 saturated carbocycles. The van der Waals surface area contributed by atoms with E-state index in [0.717, 1.165) is 0 Å². The van der Waals surface area contributed by atoms with Gasteiger partial charge in [0, 0.05) is 17.1 Å². The predicted molar refractivity (Wildman–Crippen MR) is 16.1 cm³/mol. The molecular formula is H4FeO5Si. The van der Waals surface area contributed by atoms with E-state index in [9.17, 15) is 0 Å². The van der Waals surface area contributed by atoms with Crippen molar-refractivity contribution >= 4 is 9.05 Å². The summed E-state index contributed by atoms with van der Waals surface area (Å²) in [4.78, 5) is 22.8. The molecular weight excluding hydrogens is 164 g/mol. The van der Waals surface area contributed by atoms with Crippen LogP contribution >= 0.6 is 0 Å². The summed E-state index contributed by atoms with van der Waals surface area (Å²) >= 11 is 0. The molecule has 0 bridgehead atoms. The first-order valence-corrected chi connectivity index (χ1v) is 2.81. The average molecular weight is 168 g/mol. The maximum atomic E-state index is 7.60. The van der Waals surface area contributed by atoms with Gasteiger partial charge in [-0.2, -0.15) is 4.58 Å². The summed E-state index contributed by atoms with van der Waals surface area (Å²) in [5.41, 5.74) is 0. The van der Waals surface area contributed by atoms with E-state index in [1.165, 1.54) is 0 Å². The Hall–Kier alpha value is 0.536. The molecule has 0 rings (SSSR count). The van der Waals surface area contributed by atoms with Crippen molar-refractivity contribution in [3.8, 4) is 0 Å². The van der Waals surface area contributed by atoms with E-state index >= 15 is 0 Å². The van der Waals surface area contributed by atoms with Gasteiger partial charge in [0.25, 0.3) is 0 Å². The van der Waals surface area contributed by atoms with Gasteiger partial charge in [-0.25, -0.2) is 0 Å². The summed E-state index contributed by atoms with van der Waals surface area (Å²) in [6.45, 7) is 0. The molecule has 7 heavy (non-hydrogen) atoms. The van der Waals surface area contributed by atoms with E-state index in [1.807, 2.05) is 0 Å². The first-order chi connectivity index (χ1) is 2.56. The van der Waals surface area contributed by atoms with Crippen molar-refractivity contribution in [1.29, 1.82) is 0 Å². The van der Waals surface area contributed by atoms with Crippen molar-refractivity contribution in [1.82, 2.24) is 0 Å². The fourth-order valence-electron chi connectivity index (χ4n) is 0. The molecule has 0 aliphatic heterocycles. The molecule has 0 heterocycles. The van der Waals surface area contributed by atoms with Crippen LogP contribution in [0.3, 0.4) is 0 Å². The standard InChI is InChI=1S/Fe.H4O5Si/c;1-5-6(2,3)4/h;1-4H. The van der Waals surface area contributed by atoms with Gasteiger partial charge in [0.15, 0.2) is 0 Å². The Kier molecular flexibility index (Phi) is 5.29.